The summed E-state index contributed by atoms with van der Waals surface area (Å²) in [6.45, 7) is 4.39. The molecule has 0 aliphatic rings. The molecule has 0 aliphatic heterocycles. The lowest BCUT2D eigenvalue weighted by Gasteiger charge is -2.27. The van der Waals surface area contributed by atoms with Crippen LogP contribution in [0.25, 0.3) is 10.4 Å². The molecule has 0 saturated carbocycles. The maximum absolute atomic E-state index is 12.6. The van der Waals surface area contributed by atoms with Gasteiger partial charge in [-0.15, -0.1) is 0 Å². The number of ether oxygens (including phenoxy) is 1. The molecule has 0 radical (unpaired) electrons. The van der Waals surface area contributed by atoms with E-state index in [9.17, 15) is 4.57 Å². The number of rotatable bonds is 16. The Kier molecular flexibility index (Phi) is 12.6. The van der Waals surface area contributed by atoms with Crippen molar-refractivity contribution >= 4 is 16.0 Å². The second-order valence-corrected chi connectivity index (χ2v) is 10.9. The molecule has 0 N–H and O–H groups in total. The lowest BCUT2D eigenvalue weighted by atomic mass is 10.1. The van der Waals surface area contributed by atoms with Crippen LogP contribution in [0.2, 0.25) is 0 Å². The highest BCUT2D eigenvalue weighted by molar-refractivity contribution is 7.53. The van der Waals surface area contributed by atoms with Gasteiger partial charge in [0, 0.05) is 39.9 Å². The molecule has 1 aromatic rings. The largest absolute Gasteiger partial charge is 0.481 e. The van der Waals surface area contributed by atoms with E-state index in [0.717, 1.165) is 12.0 Å². The van der Waals surface area contributed by atoms with Crippen molar-refractivity contribution in [1.29, 1.82) is 0 Å². The van der Waals surface area contributed by atoms with Gasteiger partial charge in [0.05, 0.1) is 6.29 Å². The normalized spacial score (nSPS) is 13.8. The number of nitrogens with zero attached hydrogens (tertiary/aromatic N) is 4. The van der Waals surface area contributed by atoms with Crippen LogP contribution >= 0.6 is 16.0 Å². The summed E-state index contributed by atoms with van der Waals surface area (Å²) in [5.74, 6) is 0.634. The Morgan fingerprint density at radius 3 is 2.26 bits per heavy atom. The van der Waals surface area contributed by atoms with Gasteiger partial charge in [-0.05, 0) is 48.1 Å². The highest BCUT2D eigenvalue weighted by Crippen LogP contribution is 2.48. The first-order valence-electron chi connectivity index (χ1n) is 9.89. The summed E-state index contributed by atoms with van der Waals surface area (Å²) in [5.41, 5.74) is 8.96. The predicted octanol–water partition coefficient (Wildman–Crippen LogP) is 5.74. The molecule has 176 valence electrons. The molecule has 0 heterocycles. The van der Waals surface area contributed by atoms with E-state index in [1.54, 1.807) is 21.1 Å². The highest BCUT2D eigenvalue weighted by atomic mass is 31.2. The molecule has 0 bridgehead atoms. The van der Waals surface area contributed by atoms with E-state index in [2.05, 4.69) is 10.0 Å². The second kappa shape index (κ2) is 14.0. The summed E-state index contributed by atoms with van der Waals surface area (Å²) in [6.07, 6.45) is 2.76. The van der Waals surface area contributed by atoms with Crippen molar-refractivity contribution < 1.29 is 27.4 Å². The van der Waals surface area contributed by atoms with E-state index in [1.165, 1.54) is 14.2 Å². The number of azide groups is 1. The molecule has 12 heteroatoms. The minimum Gasteiger partial charge on any atom is -0.481 e. The van der Waals surface area contributed by atoms with Gasteiger partial charge in [-0.3, -0.25) is 9.46 Å². The van der Waals surface area contributed by atoms with E-state index in [4.69, 9.17) is 28.4 Å². The molecule has 0 aliphatic carbocycles. The Morgan fingerprint density at radius 1 is 1.16 bits per heavy atom. The van der Waals surface area contributed by atoms with Crippen LogP contribution in [-0.4, -0.2) is 58.2 Å². The van der Waals surface area contributed by atoms with E-state index in [0.29, 0.717) is 31.4 Å². The first-order valence-corrected chi connectivity index (χ1v) is 13.0. The van der Waals surface area contributed by atoms with Gasteiger partial charge in [0.2, 0.25) is 0 Å². The van der Waals surface area contributed by atoms with Gasteiger partial charge in [0.1, 0.15) is 12.0 Å². The van der Waals surface area contributed by atoms with Gasteiger partial charge >= 0.3 is 7.60 Å². The third kappa shape index (κ3) is 9.85. The van der Waals surface area contributed by atoms with Gasteiger partial charge in [-0.25, -0.2) is 0 Å². The van der Waals surface area contributed by atoms with Crippen LogP contribution in [0.4, 0.5) is 0 Å². The van der Waals surface area contributed by atoms with Gasteiger partial charge in [0.25, 0.3) is 0 Å². The zero-order chi connectivity index (χ0) is 23.3. The molecule has 0 saturated heterocycles. The van der Waals surface area contributed by atoms with E-state index in [1.807, 2.05) is 36.1 Å². The molecule has 0 aromatic heterocycles. The van der Waals surface area contributed by atoms with Gasteiger partial charge in [0.15, 0.2) is 14.1 Å². The predicted molar refractivity (Wildman–Crippen MR) is 122 cm³/mol. The third-order valence-corrected chi connectivity index (χ3v) is 7.90. The van der Waals surface area contributed by atoms with Gasteiger partial charge in [-0.2, -0.15) is 0 Å². The maximum Gasteiger partial charge on any atom is 0.344 e. The number of benzene rings is 1. The van der Waals surface area contributed by atoms with Crippen molar-refractivity contribution in [2.75, 3.05) is 47.6 Å². The molecule has 1 atom stereocenters. The molecule has 1 aromatic carbocycles. The van der Waals surface area contributed by atoms with Crippen LogP contribution in [-0.2, 0) is 29.1 Å². The molecule has 10 nitrogen and oxygen atoms in total. The molecule has 1 unspecified atom stereocenters. The van der Waals surface area contributed by atoms with Crippen LogP contribution in [0.1, 0.15) is 32.3 Å². The Bertz CT molecular complexity index is 735. The van der Waals surface area contributed by atoms with Crippen LogP contribution in [0.3, 0.4) is 0 Å². The average Bonchev–Trinajstić information content (AvgIpc) is 2.76. The van der Waals surface area contributed by atoms with Crippen molar-refractivity contribution in [3.05, 3.63) is 40.3 Å². The molecular weight excluding hydrogens is 442 g/mol. The van der Waals surface area contributed by atoms with Crippen LogP contribution in [0.5, 0.6) is 5.75 Å². The lowest BCUT2D eigenvalue weighted by Crippen LogP contribution is -2.29. The lowest BCUT2D eigenvalue weighted by molar-refractivity contribution is 0.0857. The van der Waals surface area contributed by atoms with E-state index < -0.39 is 21.7 Å². The van der Waals surface area contributed by atoms with Gasteiger partial charge in [-0.1, -0.05) is 25.5 Å². The standard InChI is InChI=1S/C19H34N4O6P2/c1-7-13-19(2,21-22-20)29-18-10-8-17(9-11-18)12-14-23(15-30(25-3)26-4)16-31(24,27-5)28-6/h8-11H,7,12-16H2,1-6H3. The Labute approximate surface area is 186 Å². The quantitative estimate of drug-likeness (QED) is 0.129. The Balaban J connectivity index is 2.83. The summed E-state index contributed by atoms with van der Waals surface area (Å²) in [4.78, 5) is 4.86. The van der Waals surface area contributed by atoms with Gasteiger partial charge < -0.3 is 22.8 Å². The van der Waals surface area contributed by atoms with Crippen molar-refractivity contribution in [2.24, 2.45) is 5.11 Å². The summed E-state index contributed by atoms with van der Waals surface area (Å²) < 4.78 is 39.4. The fourth-order valence-electron chi connectivity index (χ4n) is 2.92. The monoisotopic (exact) mass is 476 g/mol. The molecule has 0 fully saturated rings. The zero-order valence-electron chi connectivity index (χ0n) is 19.2. The summed E-state index contributed by atoms with van der Waals surface area (Å²) >= 11 is 0. The van der Waals surface area contributed by atoms with Crippen LogP contribution in [0, 0.1) is 0 Å². The molecule has 0 spiro atoms. The summed E-state index contributed by atoms with van der Waals surface area (Å²) in [5, 5.41) is 3.80. The molecular formula is C19H34N4O6P2. The fourth-order valence-corrected chi connectivity index (χ4v) is 5.14. The highest BCUT2D eigenvalue weighted by Gasteiger charge is 2.27. The second-order valence-electron chi connectivity index (χ2n) is 6.96. The Hall–Kier alpha value is -1.21. The maximum atomic E-state index is 12.6. The fraction of sp³-hybridized carbons (Fsp3) is 0.684. The van der Waals surface area contributed by atoms with Crippen molar-refractivity contribution in [1.82, 2.24) is 4.90 Å². The summed E-state index contributed by atoms with van der Waals surface area (Å²) in [6, 6.07) is 7.62. The minimum atomic E-state index is -3.22. The first kappa shape index (κ1) is 27.8. The van der Waals surface area contributed by atoms with Crippen molar-refractivity contribution in [2.45, 2.75) is 38.8 Å². The molecule has 31 heavy (non-hydrogen) atoms. The number of hydrogen-bond acceptors (Lipinski definition) is 8. The smallest absolute Gasteiger partial charge is 0.344 e. The van der Waals surface area contributed by atoms with E-state index in [-0.39, 0.29) is 6.29 Å². The average molecular weight is 476 g/mol. The van der Waals surface area contributed by atoms with E-state index >= 15 is 0 Å². The van der Waals surface area contributed by atoms with Crippen molar-refractivity contribution in [3.8, 4) is 5.75 Å². The number of hydrogen-bond donors (Lipinski definition) is 0. The first-order chi connectivity index (χ1) is 14.8. The Morgan fingerprint density at radius 2 is 1.77 bits per heavy atom. The third-order valence-electron chi connectivity index (χ3n) is 4.60. The SMILES string of the molecule is CCCC(C)(N=[N+]=[N-])Oc1ccc(CCN(CP(OC)OC)CP(=O)(OC)OC)cc1. The van der Waals surface area contributed by atoms with Crippen molar-refractivity contribution in [3.63, 3.8) is 0 Å². The zero-order valence-corrected chi connectivity index (χ0v) is 21.0. The molecule has 1 rings (SSSR count). The molecule has 0 amide bonds. The minimum absolute atomic E-state index is 0.133. The van der Waals surface area contributed by atoms with Crippen LogP contribution < -0.4 is 4.74 Å². The topological polar surface area (TPSA) is 115 Å². The van der Waals surface area contributed by atoms with Crippen LogP contribution in [0.15, 0.2) is 29.4 Å². The summed E-state index contributed by atoms with van der Waals surface area (Å²) in [7, 11) is 1.57.